The Kier molecular flexibility index (Phi) is 7.27. The zero-order valence-electron chi connectivity index (χ0n) is 17.6. The number of amides is 2. The fourth-order valence-electron chi connectivity index (χ4n) is 2.99. The van der Waals surface area contributed by atoms with E-state index < -0.39 is 23.6 Å². The van der Waals surface area contributed by atoms with Crippen LogP contribution in [-0.4, -0.2) is 21.6 Å². The maximum atomic E-state index is 12.9. The van der Waals surface area contributed by atoms with Crippen molar-refractivity contribution in [1.82, 2.24) is 9.78 Å². The summed E-state index contributed by atoms with van der Waals surface area (Å²) >= 11 is 0. The lowest BCUT2D eigenvalue weighted by atomic mass is 10.1. The van der Waals surface area contributed by atoms with E-state index >= 15 is 0 Å². The van der Waals surface area contributed by atoms with E-state index in [9.17, 15) is 27.6 Å². The minimum Gasteiger partial charge on any atom is -0.322 e. The number of halogens is 3. The molecule has 2 amide bonds. The number of hydrogen-bond acceptors (Lipinski definition) is 4. The molecule has 0 bridgehead atoms. The summed E-state index contributed by atoms with van der Waals surface area (Å²) in [6.45, 7) is 2.33. The van der Waals surface area contributed by atoms with Crippen LogP contribution in [0.4, 0.5) is 24.5 Å². The highest BCUT2D eigenvalue weighted by molar-refractivity contribution is 6.12. The number of carbonyl (C=O) groups excluding carboxylic acids is 2. The van der Waals surface area contributed by atoms with Gasteiger partial charge in [-0.15, -0.1) is 0 Å². The van der Waals surface area contributed by atoms with E-state index in [-0.39, 0.29) is 28.2 Å². The molecule has 1 aromatic heterocycles. The number of hydrogen-bond donors (Lipinski definition) is 2. The predicted molar refractivity (Wildman–Crippen MR) is 117 cm³/mol. The first-order chi connectivity index (χ1) is 15.7. The third-order valence-corrected chi connectivity index (χ3v) is 4.69. The quantitative estimate of drug-likeness (QED) is 0.543. The molecule has 0 radical (unpaired) electrons. The Balaban J connectivity index is 1.80. The number of carbonyl (C=O) groups is 2. The Morgan fingerprint density at radius 3 is 2.45 bits per heavy atom. The van der Waals surface area contributed by atoms with Crippen LogP contribution in [0.2, 0.25) is 0 Å². The maximum Gasteiger partial charge on any atom is 0.416 e. The van der Waals surface area contributed by atoms with Crippen molar-refractivity contribution in [2.75, 3.05) is 10.6 Å². The Bertz CT molecular complexity index is 1220. The van der Waals surface area contributed by atoms with Gasteiger partial charge in [-0.25, -0.2) is 4.68 Å². The van der Waals surface area contributed by atoms with Crippen LogP contribution in [0.5, 0.6) is 0 Å². The number of rotatable bonds is 7. The number of benzene rings is 2. The molecule has 0 fully saturated rings. The first-order valence-electron chi connectivity index (χ1n) is 10.2. The van der Waals surface area contributed by atoms with E-state index in [1.807, 2.05) is 6.92 Å². The second-order valence-electron chi connectivity index (χ2n) is 7.17. The molecule has 0 atom stereocenters. The predicted octanol–water partition coefficient (Wildman–Crippen LogP) is 4.57. The molecule has 2 aromatic carbocycles. The van der Waals surface area contributed by atoms with Crippen molar-refractivity contribution >= 4 is 23.2 Å². The lowest BCUT2D eigenvalue weighted by Gasteiger charge is -2.13. The smallest absolute Gasteiger partial charge is 0.322 e. The van der Waals surface area contributed by atoms with Crippen molar-refractivity contribution in [3.8, 4) is 0 Å². The van der Waals surface area contributed by atoms with Gasteiger partial charge in [-0.3, -0.25) is 14.4 Å². The van der Waals surface area contributed by atoms with Gasteiger partial charge in [0.2, 0.25) is 0 Å². The third-order valence-electron chi connectivity index (χ3n) is 4.69. The molecular weight excluding hydrogens is 437 g/mol. The van der Waals surface area contributed by atoms with Crippen LogP contribution in [0.25, 0.3) is 0 Å². The van der Waals surface area contributed by atoms with Gasteiger partial charge in [0, 0.05) is 18.3 Å². The van der Waals surface area contributed by atoms with E-state index in [0.717, 1.165) is 25.0 Å². The molecule has 10 heteroatoms. The van der Waals surface area contributed by atoms with Crippen LogP contribution in [0.3, 0.4) is 0 Å². The summed E-state index contributed by atoms with van der Waals surface area (Å²) in [6, 6.07) is 12.8. The lowest BCUT2D eigenvalue weighted by Crippen LogP contribution is -2.26. The van der Waals surface area contributed by atoms with Gasteiger partial charge in [0.25, 0.3) is 17.4 Å². The number of anilines is 2. The van der Waals surface area contributed by atoms with Crippen molar-refractivity contribution in [3.63, 3.8) is 0 Å². The van der Waals surface area contributed by atoms with Crippen LogP contribution >= 0.6 is 0 Å². The average Bonchev–Trinajstić information content (AvgIpc) is 2.78. The largest absolute Gasteiger partial charge is 0.416 e. The average molecular weight is 458 g/mol. The number of nitrogens with one attached hydrogen (secondary N) is 2. The zero-order valence-corrected chi connectivity index (χ0v) is 17.6. The van der Waals surface area contributed by atoms with Crippen molar-refractivity contribution in [3.05, 3.63) is 87.8 Å². The zero-order chi connectivity index (χ0) is 24.0. The summed E-state index contributed by atoms with van der Waals surface area (Å²) < 4.78 is 40.0. The second kappa shape index (κ2) is 10.1. The maximum absolute atomic E-state index is 12.9. The Morgan fingerprint density at radius 1 is 0.970 bits per heavy atom. The number of aryl methyl sites for hydroxylation is 1. The fraction of sp³-hybridized carbons (Fsp3) is 0.217. The highest BCUT2D eigenvalue weighted by Gasteiger charge is 2.30. The van der Waals surface area contributed by atoms with Gasteiger partial charge >= 0.3 is 6.18 Å². The van der Waals surface area contributed by atoms with Crippen LogP contribution < -0.4 is 16.2 Å². The van der Waals surface area contributed by atoms with E-state index in [1.165, 1.54) is 41.1 Å². The Morgan fingerprint density at radius 2 is 1.73 bits per heavy atom. The molecule has 0 unspecified atom stereocenters. The SMILES string of the molecule is CCCCn1nc(C(=O)Nc2ccccc2C(=O)Nc2cccc(C(F)(F)F)c2)ccc1=O. The molecule has 3 rings (SSSR count). The van der Waals surface area contributed by atoms with Crippen molar-refractivity contribution in [2.24, 2.45) is 0 Å². The topological polar surface area (TPSA) is 93.1 Å². The van der Waals surface area contributed by atoms with Crippen LogP contribution in [0.1, 0.15) is 46.2 Å². The summed E-state index contributed by atoms with van der Waals surface area (Å²) in [4.78, 5) is 37.3. The van der Waals surface area contributed by atoms with Gasteiger partial charge in [-0.05, 0) is 42.8 Å². The normalized spacial score (nSPS) is 11.2. The first kappa shape index (κ1) is 23.7. The summed E-state index contributed by atoms with van der Waals surface area (Å²) in [5.41, 5.74) is -1.10. The van der Waals surface area contributed by atoms with E-state index in [2.05, 4.69) is 15.7 Å². The van der Waals surface area contributed by atoms with Crippen LogP contribution in [0, 0.1) is 0 Å². The van der Waals surface area contributed by atoms with Crippen molar-refractivity contribution < 1.29 is 22.8 Å². The van der Waals surface area contributed by atoms with Gasteiger partial charge in [0.1, 0.15) is 5.69 Å². The van der Waals surface area contributed by atoms with E-state index in [4.69, 9.17) is 0 Å². The molecule has 33 heavy (non-hydrogen) atoms. The van der Waals surface area contributed by atoms with Crippen LogP contribution in [-0.2, 0) is 12.7 Å². The highest BCUT2D eigenvalue weighted by Crippen LogP contribution is 2.31. The second-order valence-corrected chi connectivity index (χ2v) is 7.17. The molecule has 3 aromatic rings. The summed E-state index contributed by atoms with van der Waals surface area (Å²) in [5.74, 6) is -1.34. The Labute approximate surface area is 187 Å². The fourth-order valence-corrected chi connectivity index (χ4v) is 2.99. The highest BCUT2D eigenvalue weighted by atomic mass is 19.4. The van der Waals surface area contributed by atoms with Gasteiger partial charge in [0.15, 0.2) is 0 Å². The first-order valence-corrected chi connectivity index (χ1v) is 10.2. The van der Waals surface area contributed by atoms with Gasteiger partial charge in [-0.1, -0.05) is 31.5 Å². The monoisotopic (exact) mass is 458 g/mol. The summed E-state index contributed by atoms with van der Waals surface area (Å²) in [7, 11) is 0. The third kappa shape index (κ3) is 6.06. The van der Waals surface area contributed by atoms with Crippen LogP contribution in [0.15, 0.2) is 65.5 Å². The molecule has 0 saturated carbocycles. The van der Waals surface area contributed by atoms with Gasteiger partial charge in [0.05, 0.1) is 16.8 Å². The molecule has 0 aliphatic heterocycles. The molecule has 7 nitrogen and oxygen atoms in total. The number of alkyl halides is 3. The molecule has 0 aliphatic carbocycles. The summed E-state index contributed by atoms with van der Waals surface area (Å²) in [6.07, 6.45) is -2.98. The number of unbranched alkanes of at least 4 members (excludes halogenated alkanes) is 1. The minimum absolute atomic E-state index is 0.0150. The number of nitrogens with zero attached hydrogens (tertiary/aromatic N) is 2. The molecule has 1 heterocycles. The minimum atomic E-state index is -4.55. The Hall–Kier alpha value is -3.95. The molecular formula is C23H21F3N4O3. The lowest BCUT2D eigenvalue weighted by molar-refractivity contribution is -0.137. The standard InChI is InChI=1S/C23H21F3N4O3/c1-2-3-13-30-20(31)12-11-19(29-30)22(33)28-18-10-5-4-9-17(18)21(32)27-16-8-6-7-15(14-16)23(24,25)26/h4-12,14H,2-3,13H2,1H3,(H,27,32)(H,28,33). The number of para-hydroxylation sites is 1. The van der Waals surface area contributed by atoms with E-state index in [0.29, 0.717) is 6.54 Å². The van der Waals surface area contributed by atoms with Gasteiger partial charge < -0.3 is 10.6 Å². The van der Waals surface area contributed by atoms with Gasteiger partial charge in [-0.2, -0.15) is 18.3 Å². The molecule has 0 saturated heterocycles. The molecule has 172 valence electrons. The molecule has 0 aliphatic rings. The summed E-state index contributed by atoms with van der Waals surface area (Å²) in [5, 5.41) is 9.05. The van der Waals surface area contributed by atoms with Crippen molar-refractivity contribution in [2.45, 2.75) is 32.5 Å². The van der Waals surface area contributed by atoms with Crippen molar-refractivity contribution in [1.29, 1.82) is 0 Å². The van der Waals surface area contributed by atoms with E-state index in [1.54, 1.807) is 12.1 Å². The molecule has 2 N–H and O–H groups in total. The molecule has 0 spiro atoms. The number of aromatic nitrogens is 2.